The number of H-pyrrole nitrogens is 1. The maximum Gasteiger partial charge on any atom is 0.160 e. The van der Waals surface area contributed by atoms with Gasteiger partial charge < -0.3 is 14.6 Å². The molecule has 1 saturated heterocycles. The first-order valence-corrected chi connectivity index (χ1v) is 11.0. The third-order valence-electron chi connectivity index (χ3n) is 5.82. The Labute approximate surface area is 190 Å². The van der Waals surface area contributed by atoms with Crippen LogP contribution in [-0.2, 0) is 4.74 Å². The van der Waals surface area contributed by atoms with E-state index in [4.69, 9.17) is 14.8 Å². The molecule has 0 radical (unpaired) electrons. The third-order valence-corrected chi connectivity index (χ3v) is 5.82. The van der Waals surface area contributed by atoms with Gasteiger partial charge in [0.1, 0.15) is 5.82 Å². The van der Waals surface area contributed by atoms with E-state index >= 15 is 0 Å². The van der Waals surface area contributed by atoms with Gasteiger partial charge in [-0.15, -0.1) is 0 Å². The smallest absolute Gasteiger partial charge is 0.160 e. The molecule has 1 aliphatic heterocycles. The maximum absolute atomic E-state index is 5.55. The predicted molar refractivity (Wildman–Crippen MR) is 131 cm³/mol. The van der Waals surface area contributed by atoms with Crippen molar-refractivity contribution in [2.75, 3.05) is 36.6 Å². The second-order valence-electron chi connectivity index (χ2n) is 7.92. The maximum atomic E-state index is 5.55. The molecule has 0 amide bonds. The number of hydrogen-bond acceptors (Lipinski definition) is 6. The molecule has 1 fully saturated rings. The normalized spacial score (nSPS) is 14.5. The van der Waals surface area contributed by atoms with Gasteiger partial charge >= 0.3 is 0 Å². The minimum Gasteiger partial charge on any atom is -0.378 e. The summed E-state index contributed by atoms with van der Waals surface area (Å²) in [4.78, 5) is 10.3. The van der Waals surface area contributed by atoms with Gasteiger partial charge in [0.05, 0.1) is 30.6 Å². The predicted octanol–water partition coefficient (Wildman–Crippen LogP) is 4.16. The Hall–Kier alpha value is -4.17. The van der Waals surface area contributed by atoms with Crippen molar-refractivity contribution in [3.8, 4) is 11.3 Å². The quantitative estimate of drug-likeness (QED) is 0.319. The zero-order valence-electron chi connectivity index (χ0n) is 18.0. The lowest BCUT2D eigenvalue weighted by atomic mass is 10.2. The van der Waals surface area contributed by atoms with Crippen LogP contribution in [0.4, 0.5) is 11.6 Å². The molecule has 8 nitrogen and oxygen atoms in total. The van der Waals surface area contributed by atoms with Crippen molar-refractivity contribution in [2.24, 2.45) is 5.10 Å². The van der Waals surface area contributed by atoms with Crippen LogP contribution in [0.5, 0.6) is 0 Å². The second-order valence-corrected chi connectivity index (χ2v) is 7.92. The molecule has 3 aromatic heterocycles. The summed E-state index contributed by atoms with van der Waals surface area (Å²) in [6.07, 6.45) is 3.74. The van der Waals surface area contributed by atoms with Crippen LogP contribution < -0.4 is 10.3 Å². The highest BCUT2D eigenvalue weighted by atomic mass is 16.5. The Balaban J connectivity index is 1.36. The van der Waals surface area contributed by atoms with E-state index in [1.807, 2.05) is 65.5 Å². The van der Waals surface area contributed by atoms with Crippen LogP contribution in [0, 0.1) is 0 Å². The van der Waals surface area contributed by atoms with Gasteiger partial charge in [0, 0.05) is 47.9 Å². The summed E-state index contributed by atoms with van der Waals surface area (Å²) in [6.45, 7) is 2.99. The minimum atomic E-state index is 0.665. The molecule has 0 unspecified atom stereocenters. The molecule has 0 aliphatic carbocycles. The number of morpholine rings is 1. The first-order chi connectivity index (χ1) is 16.3. The molecular weight excluding hydrogens is 414 g/mol. The lowest BCUT2D eigenvalue weighted by molar-refractivity contribution is 0.122. The fraction of sp³-hybridized carbons (Fsp3) is 0.160. The topological polar surface area (TPSA) is 82.8 Å². The Morgan fingerprint density at radius 3 is 2.76 bits per heavy atom. The Morgan fingerprint density at radius 1 is 1.00 bits per heavy atom. The standard InChI is InChI=1S/C25H23N7O/c1-2-5-18(6-3-1)21-15-23-28-22(16-24(32(23)30-21)31-11-13-33-14-12-31)29-27-17-20-8-4-7-19-9-10-26-25(19)20/h1-10,15-17,26H,11-14H2,(H,28,29)/b27-17-. The van der Waals surface area contributed by atoms with E-state index in [-0.39, 0.29) is 0 Å². The van der Waals surface area contributed by atoms with Gasteiger partial charge in [-0.3, -0.25) is 5.43 Å². The molecule has 5 aromatic rings. The third kappa shape index (κ3) is 3.81. The monoisotopic (exact) mass is 437 g/mol. The number of hydrogen-bond donors (Lipinski definition) is 2. The Kier molecular flexibility index (Phi) is 4.97. The average Bonchev–Trinajstić information content (AvgIpc) is 3.52. The highest BCUT2D eigenvalue weighted by molar-refractivity contribution is 5.97. The largest absolute Gasteiger partial charge is 0.378 e. The van der Waals surface area contributed by atoms with Crippen molar-refractivity contribution < 1.29 is 4.74 Å². The molecule has 0 spiro atoms. The zero-order chi connectivity index (χ0) is 22.0. The number of para-hydroxylation sites is 1. The molecule has 8 heteroatoms. The number of aromatic amines is 1. The van der Waals surface area contributed by atoms with Gasteiger partial charge in [-0.1, -0.05) is 48.5 Å². The first kappa shape index (κ1) is 19.5. The molecule has 4 heterocycles. The Bertz CT molecular complexity index is 1430. The number of aromatic nitrogens is 4. The van der Waals surface area contributed by atoms with E-state index in [0.29, 0.717) is 19.0 Å². The van der Waals surface area contributed by atoms with Crippen molar-refractivity contribution in [2.45, 2.75) is 0 Å². The SMILES string of the molecule is C(=N/Nc1cc(N2CCOCC2)n2nc(-c3ccccc3)cc2n1)/c1cccc2cc[nH]c12. The summed E-state index contributed by atoms with van der Waals surface area (Å²) in [5.41, 5.74) is 7.89. The van der Waals surface area contributed by atoms with Crippen LogP contribution in [-0.4, -0.2) is 52.1 Å². The van der Waals surface area contributed by atoms with Crippen molar-refractivity contribution in [3.05, 3.63) is 78.5 Å². The highest BCUT2D eigenvalue weighted by Crippen LogP contribution is 2.26. The number of nitrogens with one attached hydrogen (secondary N) is 2. The number of ether oxygens (including phenoxy) is 1. The van der Waals surface area contributed by atoms with Crippen molar-refractivity contribution in [3.63, 3.8) is 0 Å². The van der Waals surface area contributed by atoms with Gasteiger partial charge in [-0.2, -0.15) is 14.7 Å². The fourth-order valence-corrected chi connectivity index (χ4v) is 4.17. The van der Waals surface area contributed by atoms with E-state index in [2.05, 4.69) is 38.6 Å². The van der Waals surface area contributed by atoms with Gasteiger partial charge in [-0.05, 0) is 6.07 Å². The van der Waals surface area contributed by atoms with Gasteiger partial charge in [0.2, 0.25) is 0 Å². The van der Waals surface area contributed by atoms with Gasteiger partial charge in [-0.25, -0.2) is 4.98 Å². The number of hydrazone groups is 1. The molecular formula is C25H23N7O. The molecule has 6 rings (SSSR count). The van der Waals surface area contributed by atoms with Gasteiger partial charge in [0.15, 0.2) is 11.5 Å². The Morgan fingerprint density at radius 2 is 1.88 bits per heavy atom. The summed E-state index contributed by atoms with van der Waals surface area (Å²) < 4.78 is 7.46. The van der Waals surface area contributed by atoms with Crippen LogP contribution >= 0.6 is 0 Å². The van der Waals surface area contributed by atoms with E-state index < -0.39 is 0 Å². The second kappa shape index (κ2) is 8.40. The summed E-state index contributed by atoms with van der Waals surface area (Å²) in [6, 6.07) is 22.3. The van der Waals surface area contributed by atoms with E-state index in [1.165, 1.54) is 0 Å². The van der Waals surface area contributed by atoms with Crippen molar-refractivity contribution in [1.29, 1.82) is 0 Å². The number of nitrogens with zero attached hydrogens (tertiary/aromatic N) is 5. The molecule has 1 aliphatic rings. The van der Waals surface area contributed by atoms with Crippen LogP contribution in [0.1, 0.15) is 5.56 Å². The number of benzene rings is 2. The number of anilines is 2. The van der Waals surface area contributed by atoms with Gasteiger partial charge in [0.25, 0.3) is 0 Å². The van der Waals surface area contributed by atoms with Crippen LogP contribution in [0.15, 0.2) is 78.0 Å². The van der Waals surface area contributed by atoms with Crippen LogP contribution in [0.3, 0.4) is 0 Å². The summed E-state index contributed by atoms with van der Waals surface area (Å²) in [5, 5.41) is 10.5. The van der Waals surface area contributed by atoms with Crippen molar-refractivity contribution in [1.82, 2.24) is 19.6 Å². The van der Waals surface area contributed by atoms with E-state index in [0.717, 1.165) is 52.3 Å². The first-order valence-electron chi connectivity index (χ1n) is 11.0. The molecule has 0 bridgehead atoms. The molecule has 2 aromatic carbocycles. The van der Waals surface area contributed by atoms with E-state index in [1.54, 1.807) is 0 Å². The lowest BCUT2D eigenvalue weighted by Crippen LogP contribution is -2.37. The molecule has 164 valence electrons. The summed E-state index contributed by atoms with van der Waals surface area (Å²) in [5.74, 6) is 1.63. The molecule has 0 atom stereocenters. The minimum absolute atomic E-state index is 0.665. The average molecular weight is 438 g/mol. The summed E-state index contributed by atoms with van der Waals surface area (Å²) >= 11 is 0. The number of fused-ring (bicyclic) bond motifs is 2. The van der Waals surface area contributed by atoms with Crippen LogP contribution in [0.2, 0.25) is 0 Å². The lowest BCUT2D eigenvalue weighted by Gasteiger charge is -2.29. The summed E-state index contributed by atoms with van der Waals surface area (Å²) in [7, 11) is 0. The number of rotatable bonds is 5. The molecule has 33 heavy (non-hydrogen) atoms. The molecule has 0 saturated carbocycles. The fourth-order valence-electron chi connectivity index (χ4n) is 4.17. The highest BCUT2D eigenvalue weighted by Gasteiger charge is 2.18. The van der Waals surface area contributed by atoms with Crippen LogP contribution in [0.25, 0.3) is 27.8 Å². The van der Waals surface area contributed by atoms with E-state index in [9.17, 15) is 0 Å². The zero-order valence-corrected chi connectivity index (χ0v) is 18.0. The molecule has 2 N–H and O–H groups in total. The van der Waals surface area contributed by atoms with Crippen molar-refractivity contribution >= 4 is 34.4 Å².